The van der Waals surface area contributed by atoms with E-state index in [1.807, 2.05) is 24.3 Å². The quantitative estimate of drug-likeness (QED) is 0.795. The van der Waals surface area contributed by atoms with Gasteiger partial charge in [-0.15, -0.1) is 0 Å². The van der Waals surface area contributed by atoms with E-state index in [0.29, 0.717) is 5.56 Å². The molecule has 0 fully saturated rings. The molecule has 2 aromatic rings. The fourth-order valence-electron chi connectivity index (χ4n) is 3.34. The van der Waals surface area contributed by atoms with E-state index >= 15 is 0 Å². The number of ether oxygens (including phenoxy) is 1. The largest absolute Gasteiger partial charge is 0.452 e. The predicted octanol–water partition coefficient (Wildman–Crippen LogP) is 2.89. The molecule has 1 heterocycles. The van der Waals surface area contributed by atoms with E-state index in [1.54, 1.807) is 20.8 Å². The van der Waals surface area contributed by atoms with E-state index in [2.05, 4.69) is 15.6 Å². The van der Waals surface area contributed by atoms with Crippen molar-refractivity contribution >= 4 is 28.8 Å². The molecule has 0 saturated carbocycles. The normalized spacial score (nSPS) is 13.5. The van der Waals surface area contributed by atoms with Gasteiger partial charge in [-0.3, -0.25) is 15.1 Å². The Labute approximate surface area is 163 Å². The second-order valence-electron chi connectivity index (χ2n) is 7.96. The maximum Gasteiger partial charge on any atom is 0.339 e. The van der Waals surface area contributed by atoms with E-state index in [-0.39, 0.29) is 0 Å². The molecule has 0 saturated heterocycles. The van der Waals surface area contributed by atoms with Crippen molar-refractivity contribution in [2.75, 3.05) is 6.61 Å². The van der Waals surface area contributed by atoms with Crippen LogP contribution in [0.1, 0.15) is 55.2 Å². The van der Waals surface area contributed by atoms with E-state index < -0.39 is 30.1 Å². The molecule has 3 amide bonds. The summed E-state index contributed by atoms with van der Waals surface area (Å²) in [6.45, 7) is 4.88. The van der Waals surface area contributed by atoms with Gasteiger partial charge < -0.3 is 10.1 Å². The second kappa shape index (κ2) is 7.96. The summed E-state index contributed by atoms with van der Waals surface area (Å²) in [6, 6.07) is 6.80. The molecule has 0 aliphatic heterocycles. The lowest BCUT2D eigenvalue weighted by Gasteiger charge is -2.21. The average molecular weight is 383 g/mol. The van der Waals surface area contributed by atoms with Gasteiger partial charge in [-0.1, -0.05) is 18.2 Å². The summed E-state index contributed by atoms with van der Waals surface area (Å²) < 4.78 is 5.24. The van der Waals surface area contributed by atoms with Crippen LogP contribution in [0.3, 0.4) is 0 Å². The molecule has 1 aliphatic rings. The number of hydrogen-bond donors (Lipinski definition) is 2. The van der Waals surface area contributed by atoms with Crippen LogP contribution in [0.2, 0.25) is 0 Å². The number of amides is 3. The highest BCUT2D eigenvalue weighted by Crippen LogP contribution is 2.29. The summed E-state index contributed by atoms with van der Waals surface area (Å²) in [6.07, 6.45) is 3.62. The molecule has 28 heavy (non-hydrogen) atoms. The van der Waals surface area contributed by atoms with Crippen molar-refractivity contribution in [1.82, 2.24) is 15.6 Å². The Morgan fingerprint density at radius 2 is 1.82 bits per heavy atom. The topological polar surface area (TPSA) is 97.4 Å². The zero-order valence-corrected chi connectivity index (χ0v) is 16.4. The van der Waals surface area contributed by atoms with Crippen LogP contribution in [0.4, 0.5) is 4.79 Å². The maximum absolute atomic E-state index is 12.8. The SMILES string of the molecule is CC(C)(C)NC(=O)NC(=O)COC(=O)c1c2c(nc3ccccc13)CCCC2. The van der Waals surface area contributed by atoms with Crippen molar-refractivity contribution in [3.8, 4) is 0 Å². The highest BCUT2D eigenvalue weighted by Gasteiger charge is 2.24. The first kappa shape index (κ1) is 19.8. The van der Waals surface area contributed by atoms with Gasteiger partial charge in [-0.2, -0.15) is 0 Å². The molecule has 7 heteroatoms. The first-order valence-corrected chi connectivity index (χ1v) is 9.44. The molecule has 1 aromatic heterocycles. The number of nitrogens with one attached hydrogen (secondary N) is 2. The van der Waals surface area contributed by atoms with Crippen molar-refractivity contribution in [2.45, 2.75) is 52.0 Å². The standard InChI is InChI=1S/C21H25N3O4/c1-21(2,3)24-20(27)23-17(25)12-28-19(26)18-13-8-4-6-10-15(13)22-16-11-7-5-9-14(16)18/h4,6,8,10H,5,7,9,11-12H2,1-3H3,(H2,23,24,25,27). The number of aromatic nitrogens is 1. The molecule has 2 N–H and O–H groups in total. The van der Waals surface area contributed by atoms with Gasteiger partial charge >= 0.3 is 12.0 Å². The van der Waals surface area contributed by atoms with Crippen LogP contribution in [-0.4, -0.2) is 35.0 Å². The van der Waals surface area contributed by atoms with Crippen LogP contribution >= 0.6 is 0 Å². The number of urea groups is 1. The Kier molecular flexibility index (Phi) is 5.63. The number of hydrogen-bond acceptors (Lipinski definition) is 5. The third kappa shape index (κ3) is 4.65. The average Bonchev–Trinajstić information content (AvgIpc) is 2.62. The number of carbonyl (C=O) groups is 3. The van der Waals surface area contributed by atoms with Crippen molar-refractivity contribution < 1.29 is 19.1 Å². The number of carbonyl (C=O) groups excluding carboxylic acids is 3. The summed E-state index contributed by atoms with van der Waals surface area (Å²) in [4.78, 5) is 41.2. The Balaban J connectivity index is 1.75. The van der Waals surface area contributed by atoms with Gasteiger partial charge in [0.05, 0.1) is 11.1 Å². The van der Waals surface area contributed by atoms with Gasteiger partial charge in [0, 0.05) is 16.6 Å². The minimum Gasteiger partial charge on any atom is -0.452 e. The molecule has 0 radical (unpaired) electrons. The fourth-order valence-corrected chi connectivity index (χ4v) is 3.34. The Morgan fingerprint density at radius 3 is 2.57 bits per heavy atom. The van der Waals surface area contributed by atoms with Gasteiger partial charge in [-0.05, 0) is 58.1 Å². The molecule has 3 rings (SSSR count). The van der Waals surface area contributed by atoms with Crippen molar-refractivity contribution in [2.24, 2.45) is 0 Å². The van der Waals surface area contributed by atoms with Crippen molar-refractivity contribution in [3.05, 3.63) is 41.1 Å². The number of nitrogens with zero attached hydrogens (tertiary/aromatic N) is 1. The molecule has 7 nitrogen and oxygen atoms in total. The molecule has 0 unspecified atom stereocenters. The third-order valence-corrected chi connectivity index (χ3v) is 4.45. The lowest BCUT2D eigenvalue weighted by molar-refractivity contribution is -0.123. The van der Waals surface area contributed by atoms with Gasteiger partial charge in [0.1, 0.15) is 0 Å². The number of pyridine rings is 1. The molecular formula is C21H25N3O4. The monoisotopic (exact) mass is 383 g/mol. The molecule has 0 bridgehead atoms. The van der Waals surface area contributed by atoms with Gasteiger partial charge in [0.2, 0.25) is 0 Å². The van der Waals surface area contributed by atoms with Crippen molar-refractivity contribution in [1.29, 1.82) is 0 Å². The molecule has 1 aliphatic carbocycles. The van der Waals surface area contributed by atoms with E-state index in [4.69, 9.17) is 4.74 Å². The summed E-state index contributed by atoms with van der Waals surface area (Å²) in [5, 5.41) is 5.50. The van der Waals surface area contributed by atoms with Crippen LogP contribution in [-0.2, 0) is 22.4 Å². The molecule has 148 valence electrons. The Morgan fingerprint density at radius 1 is 1.11 bits per heavy atom. The zero-order valence-electron chi connectivity index (χ0n) is 16.4. The summed E-state index contributed by atoms with van der Waals surface area (Å²) in [5.41, 5.74) is 2.57. The van der Waals surface area contributed by atoms with Crippen LogP contribution < -0.4 is 10.6 Å². The summed E-state index contributed by atoms with van der Waals surface area (Å²) in [7, 11) is 0. The van der Waals surface area contributed by atoms with Crippen LogP contribution in [0.5, 0.6) is 0 Å². The van der Waals surface area contributed by atoms with Crippen LogP contribution in [0.25, 0.3) is 10.9 Å². The molecule has 0 spiro atoms. The number of rotatable bonds is 3. The van der Waals surface area contributed by atoms with Gasteiger partial charge in [0.25, 0.3) is 5.91 Å². The van der Waals surface area contributed by atoms with Crippen LogP contribution in [0, 0.1) is 0 Å². The predicted molar refractivity (Wildman–Crippen MR) is 105 cm³/mol. The molecule has 0 atom stereocenters. The summed E-state index contributed by atoms with van der Waals surface area (Å²) >= 11 is 0. The van der Waals surface area contributed by atoms with Gasteiger partial charge in [-0.25, -0.2) is 9.59 Å². The van der Waals surface area contributed by atoms with E-state index in [0.717, 1.165) is 47.8 Å². The number of imide groups is 1. The molecular weight excluding hydrogens is 358 g/mol. The van der Waals surface area contributed by atoms with Crippen molar-refractivity contribution in [3.63, 3.8) is 0 Å². The molecule has 1 aromatic carbocycles. The van der Waals surface area contributed by atoms with E-state index in [1.165, 1.54) is 0 Å². The highest BCUT2D eigenvalue weighted by atomic mass is 16.5. The lowest BCUT2D eigenvalue weighted by Crippen LogP contribution is -2.49. The first-order chi connectivity index (χ1) is 13.2. The zero-order chi connectivity index (χ0) is 20.3. The Bertz CT molecular complexity index is 931. The smallest absolute Gasteiger partial charge is 0.339 e. The van der Waals surface area contributed by atoms with Gasteiger partial charge in [0.15, 0.2) is 6.61 Å². The number of aryl methyl sites for hydroxylation is 1. The second-order valence-corrected chi connectivity index (χ2v) is 7.96. The number of para-hydroxylation sites is 1. The number of fused-ring (bicyclic) bond motifs is 2. The minimum absolute atomic E-state index is 0.476. The maximum atomic E-state index is 12.8. The first-order valence-electron chi connectivity index (χ1n) is 9.44. The van der Waals surface area contributed by atoms with Crippen LogP contribution in [0.15, 0.2) is 24.3 Å². The lowest BCUT2D eigenvalue weighted by atomic mass is 9.90. The third-order valence-electron chi connectivity index (χ3n) is 4.45. The highest BCUT2D eigenvalue weighted by molar-refractivity contribution is 6.06. The fraction of sp³-hybridized carbons (Fsp3) is 0.429. The minimum atomic E-state index is -0.678. The Hall–Kier alpha value is -2.96. The van der Waals surface area contributed by atoms with E-state index in [9.17, 15) is 14.4 Å². The number of benzene rings is 1. The number of esters is 1. The summed E-state index contributed by atoms with van der Waals surface area (Å²) in [5.74, 6) is -1.24.